The first-order valence-electron chi connectivity index (χ1n) is 6.40. The van der Waals surface area contributed by atoms with E-state index in [9.17, 15) is 0 Å². The zero-order chi connectivity index (χ0) is 13.0. The molecule has 0 saturated carbocycles. The van der Waals surface area contributed by atoms with Crippen LogP contribution in [0.5, 0.6) is 0 Å². The first kappa shape index (κ1) is 12.8. The molecule has 0 saturated heterocycles. The number of benzene rings is 1. The maximum atomic E-state index is 6.27. The number of aromatic nitrogens is 3. The molecule has 0 aliphatic rings. The van der Waals surface area contributed by atoms with Crippen LogP contribution >= 0.6 is 0 Å². The highest BCUT2D eigenvalue weighted by molar-refractivity contribution is 5.27. The Morgan fingerprint density at radius 3 is 2.83 bits per heavy atom. The van der Waals surface area contributed by atoms with Crippen molar-refractivity contribution in [3.8, 4) is 0 Å². The molecule has 0 fully saturated rings. The second-order valence-corrected chi connectivity index (χ2v) is 4.62. The van der Waals surface area contributed by atoms with Crippen LogP contribution in [0.15, 0.2) is 30.5 Å². The highest BCUT2D eigenvalue weighted by atomic mass is 15.4. The Balaban J connectivity index is 2.14. The van der Waals surface area contributed by atoms with Crippen LogP contribution in [0.3, 0.4) is 0 Å². The van der Waals surface area contributed by atoms with Crippen molar-refractivity contribution in [1.82, 2.24) is 15.0 Å². The quantitative estimate of drug-likeness (QED) is 0.877. The molecule has 0 aliphatic heterocycles. The van der Waals surface area contributed by atoms with E-state index in [0.29, 0.717) is 0 Å². The number of aryl methyl sites for hydroxylation is 2. The minimum Gasteiger partial charge on any atom is -0.322 e. The maximum absolute atomic E-state index is 6.27. The maximum Gasteiger partial charge on any atom is 0.0757 e. The average Bonchev–Trinajstić information content (AvgIpc) is 2.81. The van der Waals surface area contributed by atoms with E-state index < -0.39 is 0 Å². The fraction of sp³-hybridized carbons (Fsp3) is 0.429. The van der Waals surface area contributed by atoms with E-state index in [1.807, 2.05) is 10.7 Å². The summed E-state index contributed by atoms with van der Waals surface area (Å²) in [6, 6.07) is 8.30. The van der Waals surface area contributed by atoms with Gasteiger partial charge in [-0.15, -0.1) is 5.10 Å². The van der Waals surface area contributed by atoms with Crippen molar-refractivity contribution >= 4 is 0 Å². The van der Waals surface area contributed by atoms with Gasteiger partial charge in [0.25, 0.3) is 0 Å². The Kier molecular flexibility index (Phi) is 4.10. The van der Waals surface area contributed by atoms with Crippen LogP contribution in [-0.2, 0) is 13.0 Å². The molecule has 1 unspecified atom stereocenters. The van der Waals surface area contributed by atoms with E-state index in [0.717, 1.165) is 25.1 Å². The standard InChI is InChI=1S/C14H20N4/c1-3-8-18-14(10-16-17-18)13(15)9-12-7-5-4-6-11(12)2/h4-7,10,13H,3,8-9,15H2,1-2H3. The summed E-state index contributed by atoms with van der Waals surface area (Å²) in [6.45, 7) is 5.11. The monoisotopic (exact) mass is 244 g/mol. The Labute approximate surface area is 108 Å². The Bertz CT molecular complexity index is 504. The van der Waals surface area contributed by atoms with Crippen LogP contribution in [0.25, 0.3) is 0 Å². The van der Waals surface area contributed by atoms with Crippen molar-refractivity contribution in [2.24, 2.45) is 5.73 Å². The van der Waals surface area contributed by atoms with E-state index in [4.69, 9.17) is 5.73 Å². The second kappa shape index (κ2) is 5.78. The van der Waals surface area contributed by atoms with Crippen molar-refractivity contribution in [3.63, 3.8) is 0 Å². The number of rotatable bonds is 5. The molecule has 2 rings (SSSR count). The van der Waals surface area contributed by atoms with Gasteiger partial charge in [0.2, 0.25) is 0 Å². The third-order valence-corrected chi connectivity index (χ3v) is 3.16. The lowest BCUT2D eigenvalue weighted by atomic mass is 10.00. The van der Waals surface area contributed by atoms with Gasteiger partial charge < -0.3 is 5.73 Å². The molecular formula is C14H20N4. The van der Waals surface area contributed by atoms with Gasteiger partial charge in [-0.3, -0.25) is 0 Å². The summed E-state index contributed by atoms with van der Waals surface area (Å²) in [7, 11) is 0. The van der Waals surface area contributed by atoms with Crippen molar-refractivity contribution in [3.05, 3.63) is 47.3 Å². The van der Waals surface area contributed by atoms with Crippen molar-refractivity contribution in [2.75, 3.05) is 0 Å². The van der Waals surface area contributed by atoms with Crippen LogP contribution in [0.1, 0.15) is 36.2 Å². The van der Waals surface area contributed by atoms with Gasteiger partial charge in [0, 0.05) is 6.54 Å². The summed E-state index contributed by atoms with van der Waals surface area (Å²) >= 11 is 0. The zero-order valence-corrected chi connectivity index (χ0v) is 11.0. The van der Waals surface area contributed by atoms with E-state index in [-0.39, 0.29) is 6.04 Å². The number of hydrogen-bond donors (Lipinski definition) is 1. The topological polar surface area (TPSA) is 56.7 Å². The smallest absolute Gasteiger partial charge is 0.0757 e. The zero-order valence-electron chi connectivity index (χ0n) is 11.0. The highest BCUT2D eigenvalue weighted by Gasteiger charge is 2.13. The molecule has 1 aromatic heterocycles. The Hall–Kier alpha value is -1.68. The number of hydrogen-bond acceptors (Lipinski definition) is 3. The second-order valence-electron chi connectivity index (χ2n) is 4.62. The van der Waals surface area contributed by atoms with Crippen molar-refractivity contribution in [2.45, 2.75) is 39.3 Å². The van der Waals surface area contributed by atoms with E-state index in [2.05, 4.69) is 42.4 Å². The average molecular weight is 244 g/mol. The molecule has 0 spiro atoms. The molecule has 0 amide bonds. The van der Waals surface area contributed by atoms with Crippen LogP contribution in [0.4, 0.5) is 0 Å². The van der Waals surface area contributed by atoms with Gasteiger partial charge in [0.05, 0.1) is 17.9 Å². The minimum atomic E-state index is -0.0485. The summed E-state index contributed by atoms with van der Waals surface area (Å²) in [5.41, 5.74) is 9.85. The van der Waals surface area contributed by atoms with E-state index in [1.165, 1.54) is 11.1 Å². The van der Waals surface area contributed by atoms with Gasteiger partial charge in [-0.2, -0.15) is 0 Å². The molecule has 4 heteroatoms. The highest BCUT2D eigenvalue weighted by Crippen LogP contribution is 2.17. The predicted octanol–water partition coefficient (Wildman–Crippen LogP) is 2.24. The first-order valence-corrected chi connectivity index (χ1v) is 6.40. The van der Waals surface area contributed by atoms with Crippen molar-refractivity contribution < 1.29 is 0 Å². The lowest BCUT2D eigenvalue weighted by molar-refractivity contribution is 0.525. The summed E-state index contributed by atoms with van der Waals surface area (Å²) in [6.07, 6.45) is 3.63. The van der Waals surface area contributed by atoms with Crippen LogP contribution in [0, 0.1) is 6.92 Å². The molecule has 2 aromatic rings. The molecule has 18 heavy (non-hydrogen) atoms. The fourth-order valence-electron chi connectivity index (χ4n) is 2.12. The van der Waals surface area contributed by atoms with Crippen molar-refractivity contribution in [1.29, 1.82) is 0 Å². The largest absolute Gasteiger partial charge is 0.322 e. The summed E-state index contributed by atoms with van der Waals surface area (Å²) in [5.74, 6) is 0. The summed E-state index contributed by atoms with van der Waals surface area (Å²) in [4.78, 5) is 0. The molecule has 4 nitrogen and oxygen atoms in total. The summed E-state index contributed by atoms with van der Waals surface area (Å²) in [5, 5.41) is 8.04. The van der Waals surface area contributed by atoms with E-state index in [1.54, 1.807) is 6.20 Å². The molecule has 96 valence electrons. The number of nitrogens with zero attached hydrogens (tertiary/aromatic N) is 3. The Morgan fingerprint density at radius 2 is 2.11 bits per heavy atom. The van der Waals surface area contributed by atoms with Crippen LogP contribution in [-0.4, -0.2) is 15.0 Å². The van der Waals surface area contributed by atoms with E-state index >= 15 is 0 Å². The minimum absolute atomic E-state index is 0.0485. The normalized spacial score (nSPS) is 12.6. The molecule has 1 heterocycles. The predicted molar refractivity (Wildman–Crippen MR) is 72.1 cm³/mol. The molecular weight excluding hydrogens is 224 g/mol. The fourth-order valence-corrected chi connectivity index (χ4v) is 2.12. The van der Waals surface area contributed by atoms with Gasteiger partial charge in [-0.1, -0.05) is 36.4 Å². The molecule has 1 atom stereocenters. The van der Waals surface area contributed by atoms with Gasteiger partial charge in [0.1, 0.15) is 0 Å². The van der Waals surface area contributed by atoms with Crippen LogP contribution in [0.2, 0.25) is 0 Å². The lowest BCUT2D eigenvalue weighted by Crippen LogP contribution is -2.19. The SMILES string of the molecule is CCCn1nncc1C(N)Cc1ccccc1C. The van der Waals surface area contributed by atoms with Gasteiger partial charge in [-0.25, -0.2) is 4.68 Å². The summed E-state index contributed by atoms with van der Waals surface area (Å²) < 4.78 is 1.91. The van der Waals surface area contributed by atoms with Gasteiger partial charge in [0.15, 0.2) is 0 Å². The molecule has 2 N–H and O–H groups in total. The Morgan fingerprint density at radius 1 is 1.33 bits per heavy atom. The lowest BCUT2D eigenvalue weighted by Gasteiger charge is -2.14. The third kappa shape index (κ3) is 2.76. The number of nitrogens with two attached hydrogens (primary N) is 1. The molecule has 1 aromatic carbocycles. The molecule has 0 aliphatic carbocycles. The van der Waals surface area contributed by atoms with Gasteiger partial charge in [-0.05, 0) is 30.9 Å². The first-order chi connectivity index (χ1) is 8.72. The molecule has 0 bridgehead atoms. The molecule has 0 radical (unpaired) electrons. The van der Waals surface area contributed by atoms with Gasteiger partial charge >= 0.3 is 0 Å². The van der Waals surface area contributed by atoms with Crippen LogP contribution < -0.4 is 5.73 Å². The third-order valence-electron chi connectivity index (χ3n) is 3.16.